The largest absolute Gasteiger partial charge is 0.507 e. The van der Waals surface area contributed by atoms with Crippen LogP contribution in [0.5, 0.6) is 11.5 Å². The van der Waals surface area contributed by atoms with E-state index in [2.05, 4.69) is 20.8 Å². The summed E-state index contributed by atoms with van der Waals surface area (Å²) in [6, 6.07) is 0. The molecule has 1 atom stereocenters. The van der Waals surface area contributed by atoms with Crippen LogP contribution in [0.2, 0.25) is 0 Å². The molecular formula is C27H48O2. The standard InChI is InChI=1S/C27H48O2/c1-20(2)16-15-18-21(3)17-13-11-9-7-8-10-12-14-19-25-24(6)26(28)22(4)23(5)27(25)29/h20-21,28-29H,7-19H2,1-6H3/t21-/m0/s1. The van der Waals surface area contributed by atoms with Gasteiger partial charge in [-0.1, -0.05) is 91.4 Å². The first-order chi connectivity index (χ1) is 13.8. The highest BCUT2D eigenvalue weighted by Crippen LogP contribution is 2.37. The Hall–Kier alpha value is -1.18. The third-order valence-corrected chi connectivity index (χ3v) is 6.72. The highest BCUT2D eigenvalue weighted by molar-refractivity contribution is 5.56. The SMILES string of the molecule is Cc1c(C)c(O)c(CCCCCCCCCC[C@H](C)CCCC(C)C)c(C)c1O. The van der Waals surface area contributed by atoms with E-state index in [1.807, 2.05) is 20.8 Å². The normalized spacial score (nSPS) is 12.7. The summed E-state index contributed by atoms with van der Waals surface area (Å²) in [6.45, 7) is 12.7. The first-order valence-electron chi connectivity index (χ1n) is 12.3. The van der Waals surface area contributed by atoms with Gasteiger partial charge in [0.1, 0.15) is 11.5 Å². The Morgan fingerprint density at radius 2 is 1.03 bits per heavy atom. The molecule has 0 saturated carbocycles. The van der Waals surface area contributed by atoms with E-state index in [-0.39, 0.29) is 0 Å². The molecule has 2 N–H and O–H groups in total. The number of rotatable bonds is 15. The van der Waals surface area contributed by atoms with Crippen molar-refractivity contribution in [2.45, 2.75) is 125 Å². The molecule has 0 spiro atoms. The molecule has 2 heteroatoms. The number of benzene rings is 1. The molecule has 0 bridgehead atoms. The molecule has 0 amide bonds. The van der Waals surface area contributed by atoms with Crippen molar-refractivity contribution in [2.24, 2.45) is 11.8 Å². The van der Waals surface area contributed by atoms with Gasteiger partial charge >= 0.3 is 0 Å². The first kappa shape index (κ1) is 25.9. The van der Waals surface area contributed by atoms with Crippen LogP contribution in [0, 0.1) is 32.6 Å². The lowest BCUT2D eigenvalue weighted by Crippen LogP contribution is -1.97. The van der Waals surface area contributed by atoms with Gasteiger partial charge in [0.15, 0.2) is 0 Å². The van der Waals surface area contributed by atoms with Gasteiger partial charge in [-0.25, -0.2) is 0 Å². The molecule has 0 aliphatic carbocycles. The fourth-order valence-electron chi connectivity index (χ4n) is 4.36. The van der Waals surface area contributed by atoms with Gasteiger partial charge in [0.05, 0.1) is 0 Å². The van der Waals surface area contributed by atoms with Crippen molar-refractivity contribution in [3.8, 4) is 11.5 Å². The van der Waals surface area contributed by atoms with Gasteiger partial charge in [-0.3, -0.25) is 0 Å². The molecule has 0 radical (unpaired) electrons. The number of aromatic hydroxyl groups is 2. The molecule has 168 valence electrons. The summed E-state index contributed by atoms with van der Waals surface area (Å²) in [5.74, 6) is 2.49. The average Bonchev–Trinajstić information content (AvgIpc) is 2.68. The summed E-state index contributed by atoms with van der Waals surface area (Å²) >= 11 is 0. The molecule has 0 aromatic heterocycles. The van der Waals surface area contributed by atoms with Crippen LogP contribution < -0.4 is 0 Å². The molecule has 0 aliphatic rings. The average molecular weight is 405 g/mol. The number of unbranched alkanes of at least 4 members (excludes halogenated alkanes) is 7. The van der Waals surface area contributed by atoms with Crippen LogP contribution in [0.1, 0.15) is 120 Å². The minimum atomic E-state index is 0.351. The molecule has 1 aromatic carbocycles. The molecule has 29 heavy (non-hydrogen) atoms. The maximum absolute atomic E-state index is 10.4. The van der Waals surface area contributed by atoms with Gasteiger partial charge in [0.25, 0.3) is 0 Å². The predicted molar refractivity (Wildman–Crippen MR) is 127 cm³/mol. The van der Waals surface area contributed by atoms with Crippen molar-refractivity contribution >= 4 is 0 Å². The fourth-order valence-corrected chi connectivity index (χ4v) is 4.36. The molecule has 1 aromatic rings. The van der Waals surface area contributed by atoms with Gasteiger partial charge in [-0.2, -0.15) is 0 Å². The fraction of sp³-hybridized carbons (Fsp3) is 0.778. The van der Waals surface area contributed by atoms with Crippen molar-refractivity contribution < 1.29 is 10.2 Å². The van der Waals surface area contributed by atoms with Crippen molar-refractivity contribution in [3.05, 3.63) is 22.3 Å². The first-order valence-corrected chi connectivity index (χ1v) is 12.3. The van der Waals surface area contributed by atoms with E-state index in [1.54, 1.807) is 0 Å². The van der Waals surface area contributed by atoms with E-state index in [0.717, 1.165) is 46.9 Å². The van der Waals surface area contributed by atoms with Gasteiger partial charge < -0.3 is 10.2 Å². The molecular weight excluding hydrogens is 356 g/mol. The van der Waals surface area contributed by atoms with Crippen molar-refractivity contribution in [1.29, 1.82) is 0 Å². The monoisotopic (exact) mass is 404 g/mol. The minimum absolute atomic E-state index is 0.351. The van der Waals surface area contributed by atoms with Gasteiger partial charge in [-0.05, 0) is 62.1 Å². The number of phenolic OH excluding ortho intramolecular Hbond substituents is 2. The Kier molecular flexibility index (Phi) is 12.4. The van der Waals surface area contributed by atoms with Crippen LogP contribution in [0.15, 0.2) is 0 Å². The summed E-state index contributed by atoms with van der Waals surface area (Å²) in [6.07, 6.45) is 16.9. The highest BCUT2D eigenvalue weighted by Gasteiger charge is 2.15. The highest BCUT2D eigenvalue weighted by atomic mass is 16.3. The Morgan fingerprint density at radius 1 is 0.552 bits per heavy atom. The van der Waals surface area contributed by atoms with E-state index >= 15 is 0 Å². The topological polar surface area (TPSA) is 40.5 Å². The molecule has 1 rings (SSSR count). The predicted octanol–water partition coefficient (Wildman–Crippen LogP) is 8.54. The molecule has 0 fully saturated rings. The van der Waals surface area contributed by atoms with E-state index in [0.29, 0.717) is 11.5 Å². The molecule has 2 nitrogen and oxygen atoms in total. The summed E-state index contributed by atoms with van der Waals surface area (Å²) < 4.78 is 0. The second kappa shape index (κ2) is 13.9. The molecule has 0 unspecified atom stereocenters. The zero-order valence-electron chi connectivity index (χ0n) is 20.2. The van der Waals surface area contributed by atoms with Crippen molar-refractivity contribution in [1.82, 2.24) is 0 Å². The van der Waals surface area contributed by atoms with Crippen LogP contribution in [0.4, 0.5) is 0 Å². The lowest BCUT2D eigenvalue weighted by atomic mass is 9.93. The number of hydrogen-bond acceptors (Lipinski definition) is 2. The van der Waals surface area contributed by atoms with E-state index in [9.17, 15) is 10.2 Å². The third-order valence-electron chi connectivity index (χ3n) is 6.72. The van der Waals surface area contributed by atoms with Crippen LogP contribution in [0.25, 0.3) is 0 Å². The number of hydrogen-bond donors (Lipinski definition) is 2. The van der Waals surface area contributed by atoms with Gasteiger partial charge in [0.2, 0.25) is 0 Å². The van der Waals surface area contributed by atoms with Gasteiger partial charge in [-0.15, -0.1) is 0 Å². The second-order valence-corrected chi connectivity index (χ2v) is 9.85. The van der Waals surface area contributed by atoms with Crippen LogP contribution in [-0.4, -0.2) is 10.2 Å². The van der Waals surface area contributed by atoms with Crippen LogP contribution in [-0.2, 0) is 6.42 Å². The quantitative estimate of drug-likeness (QED) is 0.227. The smallest absolute Gasteiger partial charge is 0.122 e. The van der Waals surface area contributed by atoms with Crippen molar-refractivity contribution in [3.63, 3.8) is 0 Å². The Morgan fingerprint density at radius 3 is 1.62 bits per heavy atom. The Balaban J connectivity index is 2.07. The van der Waals surface area contributed by atoms with Crippen molar-refractivity contribution in [2.75, 3.05) is 0 Å². The number of phenols is 2. The zero-order chi connectivity index (χ0) is 21.8. The molecule has 0 saturated heterocycles. The molecule has 0 heterocycles. The summed E-state index contributed by atoms with van der Waals surface area (Å²) in [7, 11) is 0. The summed E-state index contributed by atoms with van der Waals surface area (Å²) in [5.41, 5.74) is 3.41. The maximum Gasteiger partial charge on any atom is 0.122 e. The Bertz CT molecular complexity index is 560. The second-order valence-electron chi connectivity index (χ2n) is 9.85. The minimum Gasteiger partial charge on any atom is -0.507 e. The summed E-state index contributed by atoms with van der Waals surface area (Å²) in [5, 5.41) is 20.6. The summed E-state index contributed by atoms with van der Waals surface area (Å²) in [4.78, 5) is 0. The third kappa shape index (κ3) is 9.45. The zero-order valence-corrected chi connectivity index (χ0v) is 20.2. The van der Waals surface area contributed by atoms with E-state index in [1.165, 1.54) is 70.6 Å². The lowest BCUT2D eigenvalue weighted by molar-refractivity contribution is 0.417. The van der Waals surface area contributed by atoms with Crippen LogP contribution >= 0.6 is 0 Å². The van der Waals surface area contributed by atoms with E-state index < -0.39 is 0 Å². The lowest BCUT2D eigenvalue weighted by Gasteiger charge is -2.15. The Labute approximate surface area is 181 Å². The van der Waals surface area contributed by atoms with Crippen LogP contribution in [0.3, 0.4) is 0 Å². The van der Waals surface area contributed by atoms with Gasteiger partial charge in [0, 0.05) is 5.56 Å². The van der Waals surface area contributed by atoms with E-state index in [4.69, 9.17) is 0 Å². The molecule has 0 aliphatic heterocycles. The maximum atomic E-state index is 10.4.